The molecule has 3 aromatic rings. The minimum Gasteiger partial charge on any atom is -0.493 e. The van der Waals surface area contributed by atoms with Gasteiger partial charge in [-0.1, -0.05) is 35.9 Å². The fourth-order valence-corrected chi connectivity index (χ4v) is 3.24. The topological polar surface area (TPSA) is 132 Å². The maximum Gasteiger partial charge on any atom is 0.323 e. The lowest BCUT2D eigenvalue weighted by atomic mass is 10.1. The molecule has 0 heterocycles. The standard InChI is InChI=1S/C24H23ClN4O5/c1-14-8-9-17(28-24(32)27-16-6-4-3-5-7-16)12-19(14)29-23(31)15-10-18(25)22(20(11-15)33-2)34-13-21(26)30/h3-12H,13H2,1-2H3,(H2,26,30)(H,29,31)(H2,27,28,32). The number of nitrogens with two attached hydrogens (primary N) is 1. The van der Waals surface area contributed by atoms with Gasteiger partial charge in [-0.2, -0.15) is 0 Å². The van der Waals surface area contributed by atoms with Crippen molar-refractivity contribution in [3.63, 3.8) is 0 Å². The number of hydrogen-bond acceptors (Lipinski definition) is 5. The van der Waals surface area contributed by atoms with Crippen molar-refractivity contribution in [1.29, 1.82) is 0 Å². The molecule has 0 aromatic heterocycles. The Kier molecular flexibility index (Phi) is 7.94. The Morgan fingerprint density at radius 3 is 2.32 bits per heavy atom. The number of primary amides is 1. The second-order valence-corrected chi connectivity index (χ2v) is 7.58. The molecular formula is C24H23ClN4O5. The lowest BCUT2D eigenvalue weighted by molar-refractivity contribution is -0.119. The molecule has 34 heavy (non-hydrogen) atoms. The summed E-state index contributed by atoms with van der Waals surface area (Å²) in [5.41, 5.74) is 7.71. The first-order valence-corrected chi connectivity index (χ1v) is 10.5. The average molecular weight is 483 g/mol. The van der Waals surface area contributed by atoms with Gasteiger partial charge in [0.05, 0.1) is 12.1 Å². The molecule has 0 radical (unpaired) electrons. The lowest BCUT2D eigenvalue weighted by Crippen LogP contribution is -2.20. The molecule has 176 valence electrons. The van der Waals surface area contributed by atoms with Gasteiger partial charge in [0.1, 0.15) is 0 Å². The molecule has 5 N–H and O–H groups in total. The van der Waals surface area contributed by atoms with Crippen LogP contribution < -0.4 is 31.2 Å². The number of carbonyl (C=O) groups excluding carboxylic acids is 3. The average Bonchev–Trinajstić information content (AvgIpc) is 2.80. The normalized spacial score (nSPS) is 10.2. The van der Waals surface area contributed by atoms with E-state index in [0.717, 1.165) is 5.56 Å². The van der Waals surface area contributed by atoms with Gasteiger partial charge in [0, 0.05) is 22.6 Å². The van der Waals surface area contributed by atoms with Crippen molar-refractivity contribution in [2.24, 2.45) is 5.73 Å². The van der Waals surface area contributed by atoms with Crippen molar-refractivity contribution in [1.82, 2.24) is 0 Å². The molecule has 0 saturated heterocycles. The quantitative estimate of drug-likeness (QED) is 0.377. The summed E-state index contributed by atoms with van der Waals surface area (Å²) in [6.45, 7) is 1.43. The molecule has 0 aliphatic carbocycles. The first kappa shape index (κ1) is 24.4. The van der Waals surface area contributed by atoms with Gasteiger partial charge in [0.2, 0.25) is 0 Å². The van der Waals surface area contributed by atoms with Crippen LogP contribution in [0.5, 0.6) is 11.5 Å². The molecule has 0 spiro atoms. The summed E-state index contributed by atoms with van der Waals surface area (Å²) >= 11 is 6.23. The number of anilines is 3. The Morgan fingerprint density at radius 1 is 0.941 bits per heavy atom. The summed E-state index contributed by atoms with van der Waals surface area (Å²) < 4.78 is 10.5. The number of carbonyl (C=O) groups is 3. The van der Waals surface area contributed by atoms with E-state index in [0.29, 0.717) is 17.1 Å². The van der Waals surface area contributed by atoms with Crippen LogP contribution in [0.1, 0.15) is 15.9 Å². The highest BCUT2D eigenvalue weighted by atomic mass is 35.5. The smallest absolute Gasteiger partial charge is 0.323 e. The zero-order valence-corrected chi connectivity index (χ0v) is 19.2. The van der Waals surface area contributed by atoms with Crippen LogP contribution in [0, 0.1) is 6.92 Å². The van der Waals surface area contributed by atoms with Gasteiger partial charge >= 0.3 is 6.03 Å². The zero-order valence-electron chi connectivity index (χ0n) is 18.5. The molecule has 10 heteroatoms. The van der Waals surface area contributed by atoms with E-state index in [1.54, 1.807) is 30.3 Å². The van der Waals surface area contributed by atoms with Crippen molar-refractivity contribution in [2.45, 2.75) is 6.92 Å². The maximum atomic E-state index is 12.9. The van der Waals surface area contributed by atoms with Crippen molar-refractivity contribution >= 4 is 46.5 Å². The van der Waals surface area contributed by atoms with Crippen LogP contribution in [0.3, 0.4) is 0 Å². The Bertz CT molecular complexity index is 1220. The molecule has 3 rings (SSSR count). The number of para-hydroxylation sites is 1. The monoisotopic (exact) mass is 482 g/mol. The Morgan fingerprint density at radius 2 is 1.65 bits per heavy atom. The second kappa shape index (κ2) is 11.1. The summed E-state index contributed by atoms with van der Waals surface area (Å²) in [5.74, 6) is -0.869. The van der Waals surface area contributed by atoms with Crippen LogP contribution in [-0.2, 0) is 4.79 Å². The molecule has 0 fully saturated rings. The number of aryl methyl sites for hydroxylation is 1. The van der Waals surface area contributed by atoms with Gasteiger partial charge in [0.25, 0.3) is 11.8 Å². The third-order valence-corrected chi connectivity index (χ3v) is 4.91. The van der Waals surface area contributed by atoms with Gasteiger partial charge < -0.3 is 31.2 Å². The van der Waals surface area contributed by atoms with Crippen molar-refractivity contribution in [3.8, 4) is 11.5 Å². The Labute approximate surface area is 201 Å². The third kappa shape index (κ3) is 6.39. The number of nitrogens with one attached hydrogen (secondary N) is 3. The summed E-state index contributed by atoms with van der Waals surface area (Å²) in [5, 5.41) is 8.34. The fraction of sp³-hybridized carbons (Fsp3) is 0.125. The number of benzene rings is 3. The number of rotatable bonds is 8. The molecule has 4 amide bonds. The van der Waals surface area contributed by atoms with E-state index in [-0.39, 0.29) is 22.1 Å². The third-order valence-electron chi connectivity index (χ3n) is 4.63. The van der Waals surface area contributed by atoms with Crippen molar-refractivity contribution < 1.29 is 23.9 Å². The van der Waals surface area contributed by atoms with Gasteiger partial charge in [-0.25, -0.2) is 4.79 Å². The minimum absolute atomic E-state index is 0.0791. The molecule has 0 unspecified atom stereocenters. The van der Waals surface area contributed by atoms with Crippen molar-refractivity contribution in [2.75, 3.05) is 29.7 Å². The van der Waals surface area contributed by atoms with Gasteiger partial charge in [0.15, 0.2) is 18.1 Å². The Balaban J connectivity index is 1.74. The lowest BCUT2D eigenvalue weighted by Gasteiger charge is -2.15. The van der Waals surface area contributed by atoms with E-state index in [9.17, 15) is 14.4 Å². The summed E-state index contributed by atoms with van der Waals surface area (Å²) in [6.07, 6.45) is 0. The molecular weight excluding hydrogens is 460 g/mol. The number of amides is 4. The van der Waals surface area contributed by atoms with Crippen LogP contribution >= 0.6 is 11.6 Å². The number of hydrogen-bond donors (Lipinski definition) is 4. The van der Waals surface area contributed by atoms with Gasteiger partial charge in [-0.3, -0.25) is 9.59 Å². The van der Waals surface area contributed by atoms with E-state index in [1.807, 2.05) is 25.1 Å². The van der Waals surface area contributed by atoms with Crippen LogP contribution in [0.2, 0.25) is 5.02 Å². The van der Waals surface area contributed by atoms with E-state index in [1.165, 1.54) is 19.2 Å². The maximum absolute atomic E-state index is 12.9. The van der Waals surface area contributed by atoms with Crippen LogP contribution in [0.15, 0.2) is 60.7 Å². The molecule has 0 aliphatic heterocycles. The highest BCUT2D eigenvalue weighted by Crippen LogP contribution is 2.36. The second-order valence-electron chi connectivity index (χ2n) is 7.17. The van der Waals surface area contributed by atoms with Crippen molar-refractivity contribution in [3.05, 3.63) is 76.8 Å². The number of halogens is 1. The summed E-state index contributed by atoms with van der Waals surface area (Å²) in [4.78, 5) is 36.2. The molecule has 0 atom stereocenters. The number of ether oxygens (including phenoxy) is 2. The Hall–Kier alpha value is -4.24. The van der Waals surface area contributed by atoms with Crippen LogP contribution in [0.25, 0.3) is 0 Å². The van der Waals surface area contributed by atoms with E-state index < -0.39 is 24.5 Å². The van der Waals surface area contributed by atoms with Crippen LogP contribution in [-0.4, -0.2) is 31.6 Å². The SMILES string of the molecule is COc1cc(C(=O)Nc2cc(NC(=O)Nc3ccccc3)ccc2C)cc(Cl)c1OCC(N)=O. The molecule has 9 nitrogen and oxygen atoms in total. The first-order chi connectivity index (χ1) is 16.3. The highest BCUT2D eigenvalue weighted by Gasteiger charge is 2.17. The highest BCUT2D eigenvalue weighted by molar-refractivity contribution is 6.32. The molecule has 0 saturated carbocycles. The number of methoxy groups -OCH3 is 1. The van der Waals surface area contributed by atoms with Crippen LogP contribution in [0.4, 0.5) is 21.9 Å². The van der Waals surface area contributed by atoms with E-state index in [4.69, 9.17) is 26.8 Å². The van der Waals surface area contributed by atoms with Gasteiger partial charge in [-0.05, 0) is 48.9 Å². The molecule has 0 aliphatic rings. The van der Waals surface area contributed by atoms with E-state index >= 15 is 0 Å². The number of urea groups is 1. The first-order valence-electron chi connectivity index (χ1n) is 10.1. The van der Waals surface area contributed by atoms with Gasteiger partial charge in [-0.15, -0.1) is 0 Å². The van der Waals surface area contributed by atoms with E-state index in [2.05, 4.69) is 16.0 Å². The molecule has 3 aromatic carbocycles. The predicted molar refractivity (Wildman–Crippen MR) is 131 cm³/mol. The summed E-state index contributed by atoms with van der Waals surface area (Å²) in [7, 11) is 1.38. The summed E-state index contributed by atoms with van der Waals surface area (Å²) in [6, 6.07) is 16.5. The fourth-order valence-electron chi connectivity index (χ4n) is 2.98. The minimum atomic E-state index is -0.679. The zero-order chi connectivity index (χ0) is 24.7. The largest absolute Gasteiger partial charge is 0.493 e. The predicted octanol–water partition coefficient (Wildman–Crippen LogP) is 4.42. The molecule has 0 bridgehead atoms.